The Morgan fingerprint density at radius 1 is 1.14 bits per heavy atom. The molecule has 2 unspecified atom stereocenters. The van der Waals surface area contributed by atoms with Crippen molar-refractivity contribution >= 4 is 39.8 Å². The van der Waals surface area contributed by atoms with Crippen molar-refractivity contribution in [3.63, 3.8) is 0 Å². The number of aliphatic imine (C=N–C) groups is 1. The van der Waals surface area contributed by atoms with E-state index in [1.807, 2.05) is 57.2 Å². The molecule has 2 aliphatic rings. The van der Waals surface area contributed by atoms with Crippen molar-refractivity contribution in [3.8, 4) is 11.1 Å². The van der Waals surface area contributed by atoms with Crippen molar-refractivity contribution in [2.75, 3.05) is 49.7 Å². The zero-order valence-electron chi connectivity index (χ0n) is 25.1. The largest absolute Gasteiger partial charge is 0.773 e. The molecule has 1 aromatic heterocycles. The molecule has 2 aliphatic heterocycles. The molecule has 9 nitrogen and oxygen atoms in total. The van der Waals surface area contributed by atoms with Crippen LogP contribution < -0.4 is 10.6 Å². The second-order valence-electron chi connectivity index (χ2n) is 10.6. The van der Waals surface area contributed by atoms with Gasteiger partial charge in [-0.1, -0.05) is 41.8 Å². The van der Waals surface area contributed by atoms with Crippen molar-refractivity contribution < 1.29 is 26.7 Å². The van der Waals surface area contributed by atoms with Crippen molar-refractivity contribution in [2.45, 2.75) is 39.0 Å². The molecule has 0 saturated carbocycles. The van der Waals surface area contributed by atoms with Crippen LogP contribution in [0.3, 0.4) is 0 Å². The number of dihydropyridines is 1. The van der Waals surface area contributed by atoms with Crippen molar-refractivity contribution in [2.24, 2.45) is 4.99 Å². The predicted octanol–water partition coefficient (Wildman–Crippen LogP) is 5.49. The molecule has 1 fully saturated rings. The Morgan fingerprint density at radius 3 is 2.39 bits per heavy atom. The Balaban J connectivity index is 0.00000104. The first-order chi connectivity index (χ1) is 20.8. The van der Waals surface area contributed by atoms with E-state index in [1.54, 1.807) is 18.3 Å². The maximum atomic E-state index is 13.9. The first-order valence-corrected chi connectivity index (χ1v) is 15.6. The fraction of sp³-hybridized carbons (Fsp3) is 0.387. The Morgan fingerprint density at radius 2 is 1.77 bits per heavy atom. The summed E-state index contributed by atoms with van der Waals surface area (Å²) in [5.74, 6) is 0.340. The van der Waals surface area contributed by atoms with Gasteiger partial charge in [0.15, 0.2) is 0 Å². The van der Waals surface area contributed by atoms with E-state index in [0.717, 1.165) is 34.9 Å². The summed E-state index contributed by atoms with van der Waals surface area (Å²) in [6, 6.07) is 12.7. The van der Waals surface area contributed by atoms with Crippen LogP contribution in [-0.4, -0.2) is 80.8 Å². The fourth-order valence-corrected chi connectivity index (χ4v) is 5.25. The minimum atomic E-state index is -4.42. The van der Waals surface area contributed by atoms with E-state index in [2.05, 4.69) is 14.9 Å². The molecule has 2 N–H and O–H groups in total. The molecular weight excluding hydrogens is 593 g/mol. The third-order valence-corrected chi connectivity index (χ3v) is 7.59. The molecule has 0 spiro atoms. The molecule has 0 aliphatic carbocycles. The van der Waals surface area contributed by atoms with Gasteiger partial charge in [0, 0.05) is 25.0 Å². The number of alkyl halides is 3. The number of anilines is 2. The molecule has 3 aromatic rings. The van der Waals surface area contributed by atoms with E-state index in [4.69, 9.17) is 24.2 Å². The summed E-state index contributed by atoms with van der Waals surface area (Å²) in [4.78, 5) is 17.0. The number of nitrogen functional groups attached to an aromatic ring is 1. The first-order valence-electron chi connectivity index (χ1n) is 14.1. The standard InChI is InChI=1S/C30H33F3N6O.CH4O2S/c1-4-20(2)25-16-24(17-36-29(25,3)38-11-13-40-14-12-38)39(19-30(31,32)33)23-8-5-21(6-9-23)22-7-10-26-27(15-22)35-18-28(34)37-26;1-4(2)3/h5-10,15-18H,4,11-14,19H2,1-3H3,(H2,34,37);1H3,(H,2,3)/p-1/b25-20-;. The summed E-state index contributed by atoms with van der Waals surface area (Å²) >= 11 is -1.86. The van der Waals surface area contributed by atoms with Crippen LogP contribution in [0, 0.1) is 0 Å². The minimum absolute atomic E-state index is 0.340. The SMILES string of the molecule is CC/C(C)=C1/C=C(N(CC(F)(F)F)c2ccc(-c3ccc4nc(N)cnc4c3)cc2)C=NC1(C)N1CCOCC1.CS(=O)[O-]. The van der Waals surface area contributed by atoms with Gasteiger partial charge in [0.1, 0.15) is 18.0 Å². The van der Waals surface area contributed by atoms with Gasteiger partial charge in [0.2, 0.25) is 0 Å². The maximum Gasteiger partial charge on any atom is 0.406 e. The third-order valence-electron chi connectivity index (χ3n) is 7.59. The summed E-state index contributed by atoms with van der Waals surface area (Å²) in [6.07, 6.45) is 2.38. The van der Waals surface area contributed by atoms with Gasteiger partial charge in [-0.3, -0.25) is 19.1 Å². The van der Waals surface area contributed by atoms with Crippen LogP contribution in [0.4, 0.5) is 24.7 Å². The molecule has 3 heterocycles. The highest BCUT2D eigenvalue weighted by Gasteiger charge is 2.40. The summed E-state index contributed by atoms with van der Waals surface area (Å²) in [5.41, 5.74) is 11.0. The van der Waals surface area contributed by atoms with E-state index in [0.29, 0.717) is 54.5 Å². The highest BCUT2D eigenvalue weighted by atomic mass is 32.2. The molecule has 1 saturated heterocycles. The van der Waals surface area contributed by atoms with Crippen LogP contribution in [0.1, 0.15) is 27.2 Å². The number of benzene rings is 2. The summed E-state index contributed by atoms with van der Waals surface area (Å²) in [7, 11) is 0. The van der Waals surface area contributed by atoms with E-state index in [-0.39, 0.29) is 0 Å². The number of allylic oxidation sites excluding steroid dienone is 2. The lowest BCUT2D eigenvalue weighted by atomic mass is 9.90. The number of halogens is 3. The molecular formula is C31H36F3N6O3S-. The predicted molar refractivity (Wildman–Crippen MR) is 168 cm³/mol. The number of nitrogens with zero attached hydrogens (tertiary/aromatic N) is 5. The van der Waals surface area contributed by atoms with Gasteiger partial charge >= 0.3 is 6.18 Å². The number of hydrogen-bond donors (Lipinski definition) is 1. The molecule has 5 rings (SSSR count). The van der Waals surface area contributed by atoms with Crippen molar-refractivity contribution in [1.82, 2.24) is 14.9 Å². The van der Waals surface area contributed by atoms with E-state index in [1.165, 1.54) is 11.1 Å². The summed E-state index contributed by atoms with van der Waals surface area (Å²) in [6.45, 7) is 7.58. The number of nitrogens with two attached hydrogens (primary N) is 1. The number of hydrogen-bond acceptors (Lipinski definition) is 9. The molecule has 13 heteroatoms. The van der Waals surface area contributed by atoms with Gasteiger partial charge < -0.3 is 19.9 Å². The number of fused-ring (bicyclic) bond motifs is 1. The second kappa shape index (κ2) is 14.0. The number of ether oxygens (including phenoxy) is 1. The van der Waals surface area contributed by atoms with E-state index >= 15 is 0 Å². The lowest BCUT2D eigenvalue weighted by Crippen LogP contribution is -2.53. The zero-order chi connectivity index (χ0) is 32.1. The molecule has 236 valence electrons. The van der Waals surface area contributed by atoms with Gasteiger partial charge in [-0.25, -0.2) is 4.98 Å². The van der Waals surface area contributed by atoms with E-state index in [9.17, 15) is 13.2 Å². The Labute approximate surface area is 257 Å². The topological polar surface area (TPSA) is 120 Å². The Hall–Kier alpha value is -3.65. The highest BCUT2D eigenvalue weighted by molar-refractivity contribution is 7.78. The summed E-state index contributed by atoms with van der Waals surface area (Å²) in [5, 5.41) is 0. The first kappa shape index (κ1) is 33.2. The fourth-order valence-electron chi connectivity index (χ4n) is 5.25. The van der Waals surface area contributed by atoms with Crippen LogP contribution in [0.2, 0.25) is 0 Å². The van der Waals surface area contributed by atoms with Gasteiger partial charge in [-0.2, -0.15) is 13.2 Å². The maximum absolute atomic E-state index is 13.9. The van der Waals surface area contributed by atoms with Gasteiger partial charge in [0.25, 0.3) is 0 Å². The smallest absolute Gasteiger partial charge is 0.406 e. The van der Waals surface area contributed by atoms with Crippen LogP contribution in [0.25, 0.3) is 22.2 Å². The average molecular weight is 630 g/mol. The lowest BCUT2D eigenvalue weighted by molar-refractivity contribution is -0.118. The molecule has 2 atom stereocenters. The number of aromatic nitrogens is 2. The third kappa shape index (κ3) is 8.08. The van der Waals surface area contributed by atoms with Gasteiger partial charge in [0.05, 0.1) is 36.1 Å². The van der Waals surface area contributed by atoms with Crippen LogP contribution in [0.5, 0.6) is 0 Å². The quantitative estimate of drug-likeness (QED) is 0.356. The van der Waals surface area contributed by atoms with Crippen LogP contribution in [-0.2, 0) is 15.8 Å². The molecule has 2 aromatic carbocycles. The number of morpholine rings is 1. The van der Waals surface area contributed by atoms with Crippen molar-refractivity contribution in [3.05, 3.63) is 71.6 Å². The highest BCUT2D eigenvalue weighted by Crippen LogP contribution is 2.37. The van der Waals surface area contributed by atoms with E-state index < -0.39 is 29.5 Å². The van der Waals surface area contributed by atoms with Gasteiger partial charge in [-0.15, -0.1) is 0 Å². The molecule has 44 heavy (non-hydrogen) atoms. The Kier molecular flexibility index (Phi) is 10.6. The number of rotatable bonds is 6. The minimum Gasteiger partial charge on any atom is -0.773 e. The van der Waals surface area contributed by atoms with Gasteiger partial charge in [-0.05, 0) is 73.6 Å². The Bertz CT molecular complexity index is 1580. The lowest BCUT2D eigenvalue weighted by Gasteiger charge is -2.44. The van der Waals surface area contributed by atoms with Crippen molar-refractivity contribution in [1.29, 1.82) is 0 Å². The van der Waals surface area contributed by atoms with Crippen LogP contribution in [0.15, 0.2) is 76.6 Å². The second-order valence-corrected chi connectivity index (χ2v) is 11.4. The average Bonchev–Trinajstić information content (AvgIpc) is 2.99. The summed E-state index contributed by atoms with van der Waals surface area (Å²) < 4.78 is 65.1. The zero-order valence-corrected chi connectivity index (χ0v) is 25.9. The monoisotopic (exact) mass is 629 g/mol. The molecule has 0 bridgehead atoms. The molecule has 0 amide bonds. The molecule has 0 radical (unpaired) electrons. The van der Waals surface area contributed by atoms with Crippen LogP contribution >= 0.6 is 0 Å². The normalized spacial score (nSPS) is 20.9.